The van der Waals surface area contributed by atoms with E-state index in [2.05, 4.69) is 36.1 Å². The van der Waals surface area contributed by atoms with Gasteiger partial charge in [0.15, 0.2) is 0 Å². The van der Waals surface area contributed by atoms with Crippen molar-refractivity contribution in [3.05, 3.63) is 72.1 Å². The Labute approximate surface area is 172 Å². The first-order valence-electron chi connectivity index (χ1n) is 9.85. The highest BCUT2D eigenvalue weighted by molar-refractivity contribution is 5.94. The van der Waals surface area contributed by atoms with Crippen LogP contribution >= 0.6 is 0 Å². The third-order valence-corrected chi connectivity index (χ3v) is 4.84. The van der Waals surface area contributed by atoms with Gasteiger partial charge in [-0.15, -0.1) is 0 Å². The fourth-order valence-corrected chi connectivity index (χ4v) is 3.26. The molecular weight excluding hydrogens is 364 g/mol. The number of hydrogen-bond acceptors (Lipinski definition) is 4. The van der Waals surface area contributed by atoms with E-state index in [1.54, 1.807) is 11.8 Å². The molecule has 3 aromatic rings. The summed E-state index contributed by atoms with van der Waals surface area (Å²) in [5.74, 6) is 0.693. The van der Waals surface area contributed by atoms with Gasteiger partial charge in [0.1, 0.15) is 5.75 Å². The number of ether oxygens (including phenoxy) is 1. The van der Waals surface area contributed by atoms with Gasteiger partial charge >= 0.3 is 0 Å². The molecule has 0 spiro atoms. The quantitative estimate of drug-likeness (QED) is 0.628. The summed E-state index contributed by atoms with van der Waals surface area (Å²) in [6.07, 6.45) is 1.88. The molecule has 0 aliphatic rings. The molecule has 1 amide bonds. The number of carbonyl (C=O) groups is 1. The predicted octanol–water partition coefficient (Wildman–Crippen LogP) is 4.05. The van der Waals surface area contributed by atoms with Gasteiger partial charge in [-0.2, -0.15) is 5.10 Å². The van der Waals surface area contributed by atoms with Crippen LogP contribution in [0, 0.1) is 0 Å². The highest BCUT2D eigenvalue weighted by Gasteiger charge is 2.11. The zero-order valence-electron chi connectivity index (χ0n) is 17.4. The molecule has 1 N–H and O–H groups in total. The van der Waals surface area contributed by atoms with Gasteiger partial charge in [-0.3, -0.25) is 4.79 Å². The lowest BCUT2D eigenvalue weighted by Crippen LogP contribution is -2.30. The number of amides is 1. The van der Waals surface area contributed by atoms with Gasteiger partial charge in [0.25, 0.3) is 5.91 Å². The number of hydrogen-bond donors (Lipinski definition) is 1. The van der Waals surface area contributed by atoms with Crippen LogP contribution in [0.25, 0.3) is 5.69 Å². The number of nitrogens with one attached hydrogen (secondary N) is 1. The minimum atomic E-state index is -0.108. The number of aromatic nitrogens is 2. The molecule has 0 aliphatic heterocycles. The lowest BCUT2D eigenvalue weighted by molar-refractivity contribution is 0.0950. The van der Waals surface area contributed by atoms with Gasteiger partial charge in [-0.1, -0.05) is 0 Å². The molecule has 0 radical (unpaired) electrons. The predicted molar refractivity (Wildman–Crippen MR) is 116 cm³/mol. The first kappa shape index (κ1) is 20.5. The molecular formula is C23H28N4O2. The van der Waals surface area contributed by atoms with E-state index in [9.17, 15) is 4.79 Å². The van der Waals surface area contributed by atoms with E-state index in [1.807, 2.05) is 60.8 Å². The Hall–Kier alpha value is -3.28. The Balaban J connectivity index is 1.60. The van der Waals surface area contributed by atoms with Crippen LogP contribution in [0.15, 0.2) is 60.8 Å². The maximum absolute atomic E-state index is 12.5. The summed E-state index contributed by atoms with van der Waals surface area (Å²) in [5.41, 5.74) is 3.49. The fraction of sp³-hybridized carbons (Fsp3) is 0.304. The molecule has 0 unspecified atom stereocenters. The summed E-state index contributed by atoms with van der Waals surface area (Å²) in [6, 6.07) is 17.7. The van der Waals surface area contributed by atoms with E-state index in [0.717, 1.165) is 29.4 Å². The van der Waals surface area contributed by atoms with Crippen LogP contribution in [0.2, 0.25) is 0 Å². The first-order valence-corrected chi connectivity index (χ1v) is 9.85. The minimum Gasteiger partial charge on any atom is -0.497 e. The Kier molecular flexibility index (Phi) is 6.54. The lowest BCUT2D eigenvalue weighted by Gasteiger charge is -2.27. The molecule has 0 bridgehead atoms. The number of methoxy groups -OCH3 is 1. The average molecular weight is 393 g/mol. The number of anilines is 1. The monoisotopic (exact) mass is 392 g/mol. The molecule has 0 aliphatic carbocycles. The molecule has 29 heavy (non-hydrogen) atoms. The second kappa shape index (κ2) is 9.28. The second-order valence-electron chi connectivity index (χ2n) is 7.06. The van der Waals surface area contributed by atoms with E-state index >= 15 is 0 Å². The van der Waals surface area contributed by atoms with Gasteiger partial charge in [-0.05, 0) is 75.4 Å². The fourth-order valence-electron chi connectivity index (χ4n) is 3.26. The highest BCUT2D eigenvalue weighted by atomic mass is 16.5. The maximum atomic E-state index is 12.5. The minimum absolute atomic E-state index is 0.108. The van der Waals surface area contributed by atoms with Crippen LogP contribution in [-0.4, -0.2) is 35.4 Å². The largest absolute Gasteiger partial charge is 0.497 e. The van der Waals surface area contributed by atoms with Crippen LogP contribution in [0.1, 0.15) is 36.8 Å². The number of nitrogens with zero attached hydrogens (tertiary/aromatic N) is 3. The molecule has 1 heterocycles. The summed E-state index contributed by atoms with van der Waals surface area (Å²) in [5, 5.41) is 7.46. The van der Waals surface area contributed by atoms with Gasteiger partial charge in [0.2, 0.25) is 0 Å². The van der Waals surface area contributed by atoms with Crippen molar-refractivity contribution in [3.8, 4) is 11.4 Å². The van der Waals surface area contributed by atoms with Crippen LogP contribution < -0.4 is 15.0 Å². The molecule has 2 aromatic carbocycles. The third-order valence-electron chi connectivity index (χ3n) is 4.84. The summed E-state index contributed by atoms with van der Waals surface area (Å²) in [4.78, 5) is 14.8. The van der Waals surface area contributed by atoms with Crippen molar-refractivity contribution >= 4 is 11.6 Å². The van der Waals surface area contributed by atoms with Gasteiger partial charge in [-0.25, -0.2) is 4.68 Å². The molecule has 1 aromatic heterocycles. The van der Waals surface area contributed by atoms with Crippen molar-refractivity contribution in [1.29, 1.82) is 0 Å². The molecule has 3 rings (SSSR count). The van der Waals surface area contributed by atoms with Gasteiger partial charge in [0, 0.05) is 30.0 Å². The smallest absolute Gasteiger partial charge is 0.251 e. The Bertz CT molecular complexity index is 930. The van der Waals surface area contributed by atoms with Crippen molar-refractivity contribution in [2.45, 2.75) is 33.4 Å². The Morgan fingerprint density at radius 1 is 1.10 bits per heavy atom. The van der Waals surface area contributed by atoms with Crippen LogP contribution in [0.5, 0.6) is 5.75 Å². The Morgan fingerprint density at radius 3 is 2.38 bits per heavy atom. The second-order valence-corrected chi connectivity index (χ2v) is 7.06. The van der Waals surface area contributed by atoms with E-state index in [1.165, 1.54) is 0 Å². The van der Waals surface area contributed by atoms with Crippen LogP contribution in [-0.2, 0) is 6.54 Å². The van der Waals surface area contributed by atoms with E-state index in [0.29, 0.717) is 18.2 Å². The molecule has 0 fully saturated rings. The van der Waals surface area contributed by atoms with E-state index in [-0.39, 0.29) is 5.91 Å². The molecule has 152 valence electrons. The molecule has 0 atom stereocenters. The molecule has 6 nitrogen and oxygen atoms in total. The summed E-state index contributed by atoms with van der Waals surface area (Å²) >= 11 is 0. The normalized spacial score (nSPS) is 10.8. The van der Waals surface area contributed by atoms with Gasteiger partial charge < -0.3 is 15.0 Å². The standard InChI is InChI=1S/C23H28N4O2/c1-5-26(17(2)3)20-8-6-18(7-9-20)23(28)24-16-19-14-15-27(25-19)21-10-12-22(29-4)13-11-21/h6-15,17H,5,16H2,1-4H3,(H,24,28). The van der Waals surface area contributed by atoms with Crippen molar-refractivity contribution < 1.29 is 9.53 Å². The van der Waals surface area contributed by atoms with Crippen LogP contribution in [0.4, 0.5) is 5.69 Å². The van der Waals surface area contributed by atoms with E-state index < -0.39 is 0 Å². The highest BCUT2D eigenvalue weighted by Crippen LogP contribution is 2.18. The van der Waals surface area contributed by atoms with Crippen LogP contribution in [0.3, 0.4) is 0 Å². The maximum Gasteiger partial charge on any atom is 0.251 e. The lowest BCUT2D eigenvalue weighted by atomic mass is 10.1. The van der Waals surface area contributed by atoms with E-state index in [4.69, 9.17) is 4.74 Å². The summed E-state index contributed by atoms with van der Waals surface area (Å²) in [6.45, 7) is 7.76. The Morgan fingerprint density at radius 2 is 1.79 bits per heavy atom. The topological polar surface area (TPSA) is 59.4 Å². The third kappa shape index (κ3) is 4.96. The van der Waals surface area contributed by atoms with Crippen molar-refractivity contribution in [2.75, 3.05) is 18.6 Å². The zero-order valence-corrected chi connectivity index (χ0v) is 17.4. The number of benzene rings is 2. The van der Waals surface area contributed by atoms with Crippen molar-refractivity contribution in [2.24, 2.45) is 0 Å². The summed E-state index contributed by atoms with van der Waals surface area (Å²) in [7, 11) is 1.64. The number of carbonyl (C=O) groups excluding carboxylic acids is 1. The van der Waals surface area contributed by atoms with Crippen molar-refractivity contribution in [1.82, 2.24) is 15.1 Å². The SMILES string of the molecule is CCN(c1ccc(C(=O)NCc2ccn(-c3ccc(OC)cc3)n2)cc1)C(C)C. The molecule has 6 heteroatoms. The van der Waals surface area contributed by atoms with Gasteiger partial charge in [0.05, 0.1) is 25.0 Å². The molecule has 0 saturated carbocycles. The van der Waals surface area contributed by atoms with Crippen molar-refractivity contribution in [3.63, 3.8) is 0 Å². The summed E-state index contributed by atoms with van der Waals surface area (Å²) < 4.78 is 6.95. The molecule has 0 saturated heterocycles. The average Bonchev–Trinajstić information content (AvgIpc) is 3.22. The first-order chi connectivity index (χ1) is 14.0. The number of rotatable bonds is 8. The zero-order chi connectivity index (χ0) is 20.8.